The van der Waals surface area contributed by atoms with Crippen molar-refractivity contribution in [1.82, 2.24) is 24.9 Å². The minimum Gasteiger partial charge on any atom is -0.492 e. The third kappa shape index (κ3) is 4.52. The van der Waals surface area contributed by atoms with Crippen molar-refractivity contribution < 1.29 is 28.6 Å². The highest BCUT2D eigenvalue weighted by atomic mass is 16.6. The number of para-hydroxylation sites is 1. The number of piperidine rings is 2. The molecule has 11 nitrogen and oxygen atoms in total. The number of hydrogen-bond acceptors (Lipinski definition) is 8. The van der Waals surface area contributed by atoms with Crippen LogP contribution in [-0.4, -0.2) is 89.0 Å². The van der Waals surface area contributed by atoms with E-state index in [0.717, 1.165) is 55.0 Å². The first-order valence-corrected chi connectivity index (χ1v) is 15.3. The summed E-state index contributed by atoms with van der Waals surface area (Å²) in [6.07, 6.45) is 2.51. The number of likely N-dealkylation sites (tertiary alicyclic amines) is 1. The number of aromatic nitrogens is 2. The smallest absolute Gasteiger partial charge is 0.255 e. The van der Waals surface area contributed by atoms with Gasteiger partial charge in [-0.25, -0.2) is 0 Å². The highest BCUT2D eigenvalue weighted by Gasteiger charge is 2.47. The monoisotopic (exact) mass is 585 g/mol. The standard InChI is InChI=1S/C32H35N5O6/c38-28-8-7-27(30(39)33-28)36-16-23-21(31(36)40)5-6-24-29(23)43-19-32(24)9-11-35(12-10-32)17-25-22-3-1-2-4-26(22)37(34-25)15-20-18-41-13-14-42-20/h1-6,20,27H,7-19H2,(H,33,38,39). The van der Waals surface area contributed by atoms with Gasteiger partial charge >= 0.3 is 0 Å². The zero-order valence-corrected chi connectivity index (χ0v) is 24.0. The summed E-state index contributed by atoms with van der Waals surface area (Å²) in [5.41, 5.74) is 4.75. The van der Waals surface area contributed by atoms with Crippen LogP contribution in [0.1, 0.15) is 52.9 Å². The maximum atomic E-state index is 13.3. The molecule has 0 saturated carbocycles. The fourth-order valence-electron chi connectivity index (χ4n) is 7.54. The van der Waals surface area contributed by atoms with E-state index in [2.05, 4.69) is 45.2 Å². The Hall–Kier alpha value is -3.80. The number of amides is 3. The van der Waals surface area contributed by atoms with Gasteiger partial charge in [-0.2, -0.15) is 5.10 Å². The molecule has 2 atom stereocenters. The number of ether oxygens (including phenoxy) is 3. The number of carbonyl (C=O) groups excluding carboxylic acids is 3. The van der Waals surface area contributed by atoms with E-state index in [9.17, 15) is 14.4 Å². The van der Waals surface area contributed by atoms with Crippen LogP contribution >= 0.6 is 0 Å². The Kier molecular flexibility index (Phi) is 6.50. The Labute approximate surface area is 249 Å². The fourth-order valence-corrected chi connectivity index (χ4v) is 7.54. The predicted octanol–water partition coefficient (Wildman–Crippen LogP) is 2.14. The Morgan fingerprint density at radius 3 is 2.72 bits per heavy atom. The summed E-state index contributed by atoms with van der Waals surface area (Å²) in [6, 6.07) is 11.7. The Balaban J connectivity index is 0.975. The molecule has 3 saturated heterocycles. The molecule has 224 valence electrons. The molecule has 8 rings (SSSR count). The van der Waals surface area contributed by atoms with E-state index in [-0.39, 0.29) is 29.8 Å². The Bertz CT molecular complexity index is 1620. The lowest BCUT2D eigenvalue weighted by molar-refractivity contribution is -0.136. The van der Waals surface area contributed by atoms with Crippen molar-refractivity contribution in [2.24, 2.45) is 0 Å². The van der Waals surface area contributed by atoms with E-state index in [1.54, 1.807) is 4.90 Å². The number of nitrogens with one attached hydrogen (secondary N) is 1. The van der Waals surface area contributed by atoms with Gasteiger partial charge in [0.15, 0.2) is 0 Å². The molecular formula is C32H35N5O6. The average molecular weight is 586 g/mol. The second-order valence-electron chi connectivity index (χ2n) is 12.4. The van der Waals surface area contributed by atoms with E-state index in [1.165, 1.54) is 10.9 Å². The highest BCUT2D eigenvalue weighted by molar-refractivity contribution is 6.05. The Morgan fingerprint density at radius 2 is 1.91 bits per heavy atom. The van der Waals surface area contributed by atoms with E-state index in [1.807, 2.05) is 6.07 Å². The molecule has 6 heterocycles. The van der Waals surface area contributed by atoms with E-state index in [4.69, 9.17) is 19.3 Å². The van der Waals surface area contributed by atoms with Crippen molar-refractivity contribution in [3.63, 3.8) is 0 Å². The SMILES string of the molecule is O=C1CCC(N2Cc3c(ccc4c3OCC43CCN(Cc4nn(CC5COCCO5)c5ccccc45)CC3)C2=O)C(=O)N1. The summed E-state index contributed by atoms with van der Waals surface area (Å²) in [4.78, 5) is 41.5. The van der Waals surface area contributed by atoms with Gasteiger partial charge in [0, 0.05) is 40.5 Å². The lowest BCUT2D eigenvalue weighted by atomic mass is 9.74. The highest BCUT2D eigenvalue weighted by Crippen LogP contribution is 2.49. The number of rotatable bonds is 5. The molecule has 2 unspecified atom stereocenters. The molecule has 0 bridgehead atoms. The van der Waals surface area contributed by atoms with Crippen molar-refractivity contribution in [3.05, 3.63) is 58.8 Å². The molecule has 3 amide bonds. The van der Waals surface area contributed by atoms with Crippen molar-refractivity contribution in [1.29, 1.82) is 0 Å². The second-order valence-corrected chi connectivity index (χ2v) is 12.4. The summed E-state index contributed by atoms with van der Waals surface area (Å²) in [5, 5.41) is 8.59. The van der Waals surface area contributed by atoms with Gasteiger partial charge in [-0.15, -0.1) is 0 Å². The normalized spacial score (nSPS) is 25.2. The molecule has 1 N–H and O–H groups in total. The molecule has 1 spiro atoms. The van der Waals surface area contributed by atoms with Crippen molar-refractivity contribution in [2.75, 3.05) is 39.5 Å². The summed E-state index contributed by atoms with van der Waals surface area (Å²) in [7, 11) is 0. The number of nitrogens with zero attached hydrogens (tertiary/aromatic N) is 4. The molecule has 1 aromatic heterocycles. The Morgan fingerprint density at radius 1 is 1.05 bits per heavy atom. The van der Waals surface area contributed by atoms with E-state index >= 15 is 0 Å². The first kappa shape index (κ1) is 26.8. The van der Waals surface area contributed by atoms with Crippen LogP contribution in [0.4, 0.5) is 0 Å². The third-order valence-electron chi connectivity index (χ3n) is 9.91. The molecule has 3 fully saturated rings. The van der Waals surface area contributed by atoms with Gasteiger partial charge in [-0.1, -0.05) is 24.3 Å². The van der Waals surface area contributed by atoms with Gasteiger partial charge in [0.25, 0.3) is 5.91 Å². The quantitative estimate of drug-likeness (QED) is 0.453. The number of hydrogen-bond donors (Lipinski definition) is 1. The van der Waals surface area contributed by atoms with E-state index in [0.29, 0.717) is 51.5 Å². The molecule has 0 aliphatic carbocycles. The molecule has 3 aromatic rings. The predicted molar refractivity (Wildman–Crippen MR) is 154 cm³/mol. The topological polar surface area (TPSA) is 115 Å². The number of benzene rings is 2. The summed E-state index contributed by atoms with van der Waals surface area (Å²) >= 11 is 0. The van der Waals surface area contributed by atoms with Crippen LogP contribution in [0.25, 0.3) is 10.9 Å². The van der Waals surface area contributed by atoms with Crippen molar-refractivity contribution >= 4 is 28.6 Å². The van der Waals surface area contributed by atoms with E-state index < -0.39 is 11.9 Å². The van der Waals surface area contributed by atoms with Crippen molar-refractivity contribution in [2.45, 2.75) is 62.9 Å². The van der Waals surface area contributed by atoms with Crippen LogP contribution in [0.15, 0.2) is 36.4 Å². The molecule has 5 aliphatic heterocycles. The zero-order valence-electron chi connectivity index (χ0n) is 24.0. The van der Waals surface area contributed by atoms with Crippen LogP contribution in [0, 0.1) is 0 Å². The number of imide groups is 1. The average Bonchev–Trinajstić information content (AvgIpc) is 3.67. The maximum Gasteiger partial charge on any atom is 0.255 e. The van der Waals surface area contributed by atoms with Gasteiger partial charge in [-0.3, -0.25) is 29.3 Å². The van der Waals surface area contributed by atoms with Gasteiger partial charge in [0.2, 0.25) is 11.8 Å². The van der Waals surface area contributed by atoms with Crippen molar-refractivity contribution in [3.8, 4) is 5.75 Å². The van der Waals surface area contributed by atoms with Crippen LogP contribution in [-0.2, 0) is 44.1 Å². The maximum absolute atomic E-state index is 13.3. The van der Waals surface area contributed by atoms with Gasteiger partial charge in [0.1, 0.15) is 17.9 Å². The zero-order chi connectivity index (χ0) is 29.1. The minimum absolute atomic E-state index is 0.00929. The van der Waals surface area contributed by atoms with Crippen LogP contribution < -0.4 is 10.1 Å². The van der Waals surface area contributed by atoms with Gasteiger partial charge in [-0.05, 0) is 44.5 Å². The summed E-state index contributed by atoms with van der Waals surface area (Å²) in [6.45, 7) is 6.08. The van der Waals surface area contributed by atoms with Crippen LogP contribution in [0.5, 0.6) is 5.75 Å². The minimum atomic E-state index is -0.630. The first-order chi connectivity index (χ1) is 21.0. The molecule has 5 aliphatic rings. The molecular weight excluding hydrogens is 550 g/mol. The van der Waals surface area contributed by atoms with Gasteiger partial charge < -0.3 is 19.1 Å². The summed E-state index contributed by atoms with van der Waals surface area (Å²) in [5.74, 6) is -0.0324. The number of carbonyl (C=O) groups is 3. The molecule has 2 aromatic carbocycles. The van der Waals surface area contributed by atoms with Crippen LogP contribution in [0.3, 0.4) is 0 Å². The van der Waals surface area contributed by atoms with Crippen LogP contribution in [0.2, 0.25) is 0 Å². The lowest BCUT2D eigenvalue weighted by Crippen LogP contribution is -2.52. The summed E-state index contributed by atoms with van der Waals surface area (Å²) < 4.78 is 19.9. The number of fused-ring (bicyclic) bond motifs is 5. The largest absolute Gasteiger partial charge is 0.492 e. The third-order valence-corrected chi connectivity index (χ3v) is 9.91. The second kappa shape index (κ2) is 10.4. The molecule has 43 heavy (non-hydrogen) atoms. The molecule has 11 heteroatoms. The fraction of sp³-hybridized carbons (Fsp3) is 0.500. The first-order valence-electron chi connectivity index (χ1n) is 15.3. The van der Waals surface area contributed by atoms with Gasteiger partial charge in [0.05, 0.1) is 50.7 Å². The lowest BCUT2D eigenvalue weighted by Gasteiger charge is -2.38. The molecule has 0 radical (unpaired) electrons.